The molecule has 1 fully saturated rings. The third-order valence-corrected chi connectivity index (χ3v) is 6.38. The van der Waals surface area contributed by atoms with Gasteiger partial charge >= 0.3 is 0 Å². The fourth-order valence-electron chi connectivity index (χ4n) is 3.26. The van der Waals surface area contributed by atoms with Gasteiger partial charge in [-0.1, -0.05) is 23.0 Å². The van der Waals surface area contributed by atoms with Gasteiger partial charge in [0.25, 0.3) is 0 Å². The molecule has 1 aliphatic carbocycles. The number of hydrogen-bond donors (Lipinski definition) is 0. The molecule has 0 amide bonds. The van der Waals surface area contributed by atoms with Crippen molar-refractivity contribution in [1.82, 2.24) is 29.9 Å². The molecule has 0 spiro atoms. The molecule has 0 radical (unpaired) electrons. The molecule has 0 bridgehead atoms. The van der Waals surface area contributed by atoms with Crippen molar-refractivity contribution in [2.75, 3.05) is 0 Å². The molecule has 3 heterocycles. The van der Waals surface area contributed by atoms with Crippen LogP contribution in [0.3, 0.4) is 0 Å². The zero-order valence-electron chi connectivity index (χ0n) is 17.1. The molecule has 1 aliphatic rings. The molecule has 1 unspecified atom stereocenters. The lowest BCUT2D eigenvalue weighted by Gasteiger charge is -2.13. The van der Waals surface area contributed by atoms with Crippen LogP contribution in [0.1, 0.15) is 53.8 Å². The summed E-state index contributed by atoms with van der Waals surface area (Å²) in [6, 6.07) is 10.3. The van der Waals surface area contributed by atoms with E-state index < -0.39 is 0 Å². The molecule has 1 aromatic carbocycles. The van der Waals surface area contributed by atoms with Crippen molar-refractivity contribution in [2.45, 2.75) is 49.9 Å². The smallest absolute Gasteiger partial charge is 0.239 e. The molecule has 5 rings (SSSR count). The van der Waals surface area contributed by atoms with Crippen LogP contribution in [0.2, 0.25) is 0 Å². The van der Waals surface area contributed by atoms with E-state index in [1.54, 1.807) is 24.2 Å². The summed E-state index contributed by atoms with van der Waals surface area (Å²) in [5, 5.41) is 13.9. The second kappa shape index (κ2) is 7.68. The number of aromatic nitrogens is 6. The first-order valence-electron chi connectivity index (χ1n) is 10.0. The van der Waals surface area contributed by atoms with E-state index in [1.807, 2.05) is 12.1 Å². The Kier molecular flexibility index (Phi) is 4.86. The summed E-state index contributed by atoms with van der Waals surface area (Å²) in [6.45, 7) is 6.28. The maximum absolute atomic E-state index is 5.52. The summed E-state index contributed by atoms with van der Waals surface area (Å²) < 4.78 is 7.61. The van der Waals surface area contributed by atoms with Gasteiger partial charge < -0.3 is 4.52 Å². The van der Waals surface area contributed by atoms with Crippen LogP contribution in [0.5, 0.6) is 0 Å². The number of nitrogens with zero attached hydrogens (tertiary/aromatic N) is 6. The van der Waals surface area contributed by atoms with Crippen LogP contribution >= 0.6 is 11.8 Å². The highest BCUT2D eigenvalue weighted by atomic mass is 32.2. The van der Waals surface area contributed by atoms with E-state index in [0.29, 0.717) is 11.8 Å². The van der Waals surface area contributed by atoms with Crippen LogP contribution in [-0.2, 0) is 0 Å². The largest absolute Gasteiger partial charge is 0.338 e. The molecule has 1 atom stereocenters. The first-order valence-corrected chi connectivity index (χ1v) is 10.9. The number of hydrogen-bond acceptors (Lipinski definition) is 7. The van der Waals surface area contributed by atoms with Gasteiger partial charge in [-0.3, -0.25) is 9.55 Å². The molecule has 0 aliphatic heterocycles. The molecule has 30 heavy (non-hydrogen) atoms. The molecule has 152 valence electrons. The van der Waals surface area contributed by atoms with Crippen molar-refractivity contribution in [2.24, 2.45) is 0 Å². The van der Waals surface area contributed by atoms with Gasteiger partial charge in [0.2, 0.25) is 5.89 Å². The minimum absolute atomic E-state index is 0.0372. The third-order valence-electron chi connectivity index (χ3n) is 5.35. The Morgan fingerprint density at radius 3 is 2.60 bits per heavy atom. The minimum atomic E-state index is -0.0372. The molecular weight excluding hydrogens is 396 g/mol. The predicted molar refractivity (Wildman–Crippen MR) is 115 cm³/mol. The summed E-state index contributed by atoms with van der Waals surface area (Å²) in [5.41, 5.74) is 4.45. The van der Waals surface area contributed by atoms with Crippen LogP contribution < -0.4 is 0 Å². The summed E-state index contributed by atoms with van der Waals surface area (Å²) in [4.78, 5) is 8.72. The second-order valence-electron chi connectivity index (χ2n) is 7.67. The lowest BCUT2D eigenvalue weighted by Crippen LogP contribution is -2.02. The van der Waals surface area contributed by atoms with Gasteiger partial charge in [0.1, 0.15) is 0 Å². The summed E-state index contributed by atoms with van der Waals surface area (Å²) in [5.74, 6) is 2.70. The average molecular weight is 419 g/mol. The van der Waals surface area contributed by atoms with Crippen LogP contribution in [0.25, 0.3) is 17.1 Å². The number of thioether (sulfide) groups is 1. The number of benzene rings is 1. The van der Waals surface area contributed by atoms with Crippen molar-refractivity contribution < 1.29 is 4.52 Å². The monoisotopic (exact) mass is 418 g/mol. The van der Waals surface area contributed by atoms with Crippen molar-refractivity contribution in [1.29, 1.82) is 0 Å². The molecular formula is C22H22N6OS. The highest BCUT2D eigenvalue weighted by Crippen LogP contribution is 2.41. The fourth-order valence-corrected chi connectivity index (χ4v) is 4.16. The number of rotatable bonds is 6. The van der Waals surface area contributed by atoms with E-state index in [1.165, 1.54) is 11.1 Å². The Hall–Kier alpha value is -3.00. The zero-order valence-corrected chi connectivity index (χ0v) is 17.9. The van der Waals surface area contributed by atoms with Gasteiger partial charge in [-0.15, -0.1) is 10.2 Å². The van der Waals surface area contributed by atoms with E-state index in [0.717, 1.165) is 40.9 Å². The maximum Gasteiger partial charge on any atom is 0.239 e. The molecule has 1 saturated carbocycles. The van der Waals surface area contributed by atoms with E-state index in [9.17, 15) is 0 Å². The quantitative estimate of drug-likeness (QED) is 0.405. The van der Waals surface area contributed by atoms with Gasteiger partial charge in [0.15, 0.2) is 16.8 Å². The molecule has 4 aromatic rings. The lowest BCUT2D eigenvalue weighted by atomic mass is 10.1. The van der Waals surface area contributed by atoms with Crippen LogP contribution in [0.4, 0.5) is 0 Å². The topological polar surface area (TPSA) is 82.5 Å². The predicted octanol–water partition coefficient (Wildman–Crippen LogP) is 5.06. The van der Waals surface area contributed by atoms with Crippen LogP contribution in [0, 0.1) is 13.8 Å². The zero-order chi connectivity index (χ0) is 20.7. The standard InChI is InChI=1S/C22H22N6OS/c1-13-4-7-18(12-14(13)2)28-20(17-8-10-23-11-9-17)25-26-22(28)30-15(3)21-24-19(27-29-21)16-5-6-16/h4,7-12,15-16H,5-6H2,1-3H3. The van der Waals surface area contributed by atoms with Gasteiger partial charge in [-0.2, -0.15) is 4.98 Å². The summed E-state index contributed by atoms with van der Waals surface area (Å²) >= 11 is 1.57. The molecule has 8 heteroatoms. The Morgan fingerprint density at radius 2 is 1.87 bits per heavy atom. The lowest BCUT2D eigenvalue weighted by molar-refractivity contribution is 0.374. The second-order valence-corrected chi connectivity index (χ2v) is 8.98. The van der Waals surface area contributed by atoms with Gasteiger partial charge in [-0.05, 0) is 69.0 Å². The van der Waals surface area contributed by atoms with E-state index in [-0.39, 0.29) is 5.25 Å². The Bertz CT molecular complexity index is 1180. The van der Waals surface area contributed by atoms with Crippen molar-refractivity contribution in [3.8, 4) is 17.1 Å². The first kappa shape index (κ1) is 19.0. The van der Waals surface area contributed by atoms with Crippen LogP contribution in [0.15, 0.2) is 52.4 Å². The Balaban J connectivity index is 1.53. The SMILES string of the molecule is Cc1ccc(-n2c(SC(C)c3nc(C4CC4)no3)nnc2-c2ccncc2)cc1C. The van der Waals surface area contributed by atoms with E-state index in [4.69, 9.17) is 4.52 Å². The fraction of sp³-hybridized carbons (Fsp3) is 0.318. The minimum Gasteiger partial charge on any atom is -0.338 e. The van der Waals surface area contributed by atoms with Gasteiger partial charge in [-0.25, -0.2) is 0 Å². The highest BCUT2D eigenvalue weighted by Gasteiger charge is 2.30. The van der Waals surface area contributed by atoms with Crippen molar-refractivity contribution in [3.05, 3.63) is 65.6 Å². The van der Waals surface area contributed by atoms with E-state index >= 15 is 0 Å². The third kappa shape index (κ3) is 3.63. The van der Waals surface area contributed by atoms with Gasteiger partial charge in [0.05, 0.1) is 10.9 Å². The summed E-state index contributed by atoms with van der Waals surface area (Å²) in [6.07, 6.45) is 5.83. The average Bonchev–Trinajstić information content (AvgIpc) is 3.33. The normalized spacial score (nSPS) is 14.8. The Labute approximate surface area is 179 Å². The highest BCUT2D eigenvalue weighted by molar-refractivity contribution is 7.99. The number of pyridine rings is 1. The molecule has 7 nitrogen and oxygen atoms in total. The van der Waals surface area contributed by atoms with Crippen molar-refractivity contribution in [3.63, 3.8) is 0 Å². The van der Waals surface area contributed by atoms with Gasteiger partial charge in [0, 0.05) is 23.9 Å². The van der Waals surface area contributed by atoms with E-state index in [2.05, 4.69) is 68.9 Å². The molecule has 0 N–H and O–H groups in total. The van der Waals surface area contributed by atoms with Crippen molar-refractivity contribution >= 4 is 11.8 Å². The Morgan fingerprint density at radius 1 is 1.07 bits per heavy atom. The summed E-state index contributed by atoms with van der Waals surface area (Å²) in [7, 11) is 0. The maximum atomic E-state index is 5.52. The molecule has 0 saturated heterocycles. The first-order chi connectivity index (χ1) is 14.6. The number of aryl methyl sites for hydroxylation is 2. The molecule has 3 aromatic heterocycles. The van der Waals surface area contributed by atoms with Crippen LogP contribution in [-0.4, -0.2) is 29.9 Å².